The van der Waals surface area contributed by atoms with Gasteiger partial charge in [-0.3, -0.25) is 4.98 Å². The summed E-state index contributed by atoms with van der Waals surface area (Å²) in [6.45, 7) is 4.34. The molecule has 0 saturated heterocycles. The van der Waals surface area contributed by atoms with Gasteiger partial charge in [-0.2, -0.15) is 0 Å². The summed E-state index contributed by atoms with van der Waals surface area (Å²) in [6.07, 6.45) is 3.54. The molecule has 0 fully saturated rings. The van der Waals surface area contributed by atoms with Gasteiger partial charge in [-0.15, -0.1) is 0 Å². The summed E-state index contributed by atoms with van der Waals surface area (Å²) in [6, 6.07) is 32.9. The molecule has 5 rings (SSSR count). The van der Waals surface area contributed by atoms with E-state index in [2.05, 4.69) is 72.3 Å². The monoisotopic (exact) mass is 428 g/mol. The van der Waals surface area contributed by atoms with Crippen LogP contribution in [-0.2, 0) is 0 Å². The van der Waals surface area contributed by atoms with Crippen molar-refractivity contribution in [3.8, 4) is 45.1 Å². The van der Waals surface area contributed by atoms with Gasteiger partial charge in [0.25, 0.3) is 0 Å². The summed E-state index contributed by atoms with van der Waals surface area (Å²) in [5, 5.41) is 0. The standard InChI is InChI=1S/C30H24N2O/c1-21-16-24(23-10-4-3-5-11-23)17-22(2)30(21)26-18-25(28-12-6-8-14-31-28)19-27(20-26)33-29-13-7-9-15-32-29/h3-20H,1-2H3. The van der Waals surface area contributed by atoms with Crippen LogP contribution >= 0.6 is 0 Å². The van der Waals surface area contributed by atoms with Crippen molar-refractivity contribution < 1.29 is 4.74 Å². The van der Waals surface area contributed by atoms with Crippen LogP contribution in [0.4, 0.5) is 0 Å². The second-order valence-corrected chi connectivity index (χ2v) is 8.08. The third kappa shape index (κ3) is 4.53. The Kier molecular flexibility index (Phi) is 5.69. The Balaban J connectivity index is 1.63. The quantitative estimate of drug-likeness (QED) is 0.285. The lowest BCUT2D eigenvalue weighted by molar-refractivity contribution is 0.463. The molecular weight excluding hydrogens is 404 g/mol. The van der Waals surface area contributed by atoms with Gasteiger partial charge in [0.1, 0.15) is 5.75 Å². The maximum Gasteiger partial charge on any atom is 0.219 e. The molecule has 3 aromatic carbocycles. The number of ether oxygens (including phenoxy) is 1. The molecular formula is C30H24N2O. The SMILES string of the molecule is Cc1cc(-c2ccccc2)cc(C)c1-c1cc(Oc2ccccn2)cc(-c2ccccn2)c1. The maximum absolute atomic E-state index is 6.14. The molecule has 0 aliphatic carbocycles. The number of aryl methyl sites for hydroxylation is 2. The van der Waals surface area contributed by atoms with Crippen molar-refractivity contribution in [2.45, 2.75) is 13.8 Å². The number of nitrogens with zero attached hydrogens (tertiary/aromatic N) is 2. The molecule has 0 spiro atoms. The van der Waals surface area contributed by atoms with Crippen molar-refractivity contribution >= 4 is 0 Å². The summed E-state index contributed by atoms with van der Waals surface area (Å²) >= 11 is 0. The van der Waals surface area contributed by atoms with Gasteiger partial charge in [-0.25, -0.2) is 4.98 Å². The van der Waals surface area contributed by atoms with Gasteiger partial charge in [0, 0.05) is 24.0 Å². The van der Waals surface area contributed by atoms with E-state index in [9.17, 15) is 0 Å². The highest BCUT2D eigenvalue weighted by Crippen LogP contribution is 2.37. The second-order valence-electron chi connectivity index (χ2n) is 8.08. The zero-order valence-electron chi connectivity index (χ0n) is 18.7. The van der Waals surface area contributed by atoms with Crippen LogP contribution in [0.15, 0.2) is 109 Å². The van der Waals surface area contributed by atoms with Crippen molar-refractivity contribution in [1.29, 1.82) is 0 Å². The highest BCUT2D eigenvalue weighted by Gasteiger charge is 2.13. The number of rotatable bonds is 5. The molecule has 0 saturated carbocycles. The molecule has 3 heteroatoms. The van der Waals surface area contributed by atoms with Gasteiger partial charge in [0.15, 0.2) is 0 Å². The molecule has 0 aliphatic rings. The Morgan fingerprint density at radius 3 is 1.88 bits per heavy atom. The Morgan fingerprint density at radius 1 is 0.545 bits per heavy atom. The minimum atomic E-state index is 0.564. The van der Waals surface area contributed by atoms with E-state index in [4.69, 9.17) is 4.74 Å². The van der Waals surface area contributed by atoms with Crippen LogP contribution in [0.3, 0.4) is 0 Å². The molecule has 0 aliphatic heterocycles. The predicted octanol–water partition coefficient (Wildman–Crippen LogP) is 7.89. The fourth-order valence-corrected chi connectivity index (χ4v) is 4.23. The predicted molar refractivity (Wildman–Crippen MR) is 134 cm³/mol. The lowest BCUT2D eigenvalue weighted by atomic mass is 9.90. The van der Waals surface area contributed by atoms with Crippen LogP contribution in [0, 0.1) is 13.8 Å². The maximum atomic E-state index is 6.14. The van der Waals surface area contributed by atoms with Gasteiger partial charge in [0.2, 0.25) is 5.88 Å². The van der Waals surface area contributed by atoms with Crippen LogP contribution in [0.25, 0.3) is 33.5 Å². The summed E-state index contributed by atoms with van der Waals surface area (Å²) < 4.78 is 6.14. The van der Waals surface area contributed by atoms with Crippen LogP contribution in [0.1, 0.15) is 11.1 Å². The molecule has 0 unspecified atom stereocenters. The van der Waals surface area contributed by atoms with E-state index in [1.807, 2.05) is 54.7 Å². The fraction of sp³-hybridized carbons (Fsp3) is 0.0667. The number of pyridine rings is 2. The first-order valence-electron chi connectivity index (χ1n) is 11.0. The van der Waals surface area contributed by atoms with E-state index in [0.717, 1.165) is 22.6 Å². The topological polar surface area (TPSA) is 35.0 Å². The van der Waals surface area contributed by atoms with E-state index < -0.39 is 0 Å². The Morgan fingerprint density at radius 2 is 1.21 bits per heavy atom. The molecule has 33 heavy (non-hydrogen) atoms. The van der Waals surface area contributed by atoms with Crippen LogP contribution in [-0.4, -0.2) is 9.97 Å². The third-order valence-corrected chi connectivity index (χ3v) is 5.66. The molecule has 0 radical (unpaired) electrons. The minimum absolute atomic E-state index is 0.564. The summed E-state index contributed by atoms with van der Waals surface area (Å²) in [7, 11) is 0. The largest absolute Gasteiger partial charge is 0.439 e. The zero-order chi connectivity index (χ0) is 22.6. The van der Waals surface area contributed by atoms with E-state index in [0.29, 0.717) is 5.88 Å². The third-order valence-electron chi connectivity index (χ3n) is 5.66. The van der Waals surface area contributed by atoms with Gasteiger partial charge >= 0.3 is 0 Å². The van der Waals surface area contributed by atoms with Crippen molar-refractivity contribution in [3.63, 3.8) is 0 Å². The van der Waals surface area contributed by atoms with E-state index >= 15 is 0 Å². The fourth-order valence-electron chi connectivity index (χ4n) is 4.23. The molecule has 160 valence electrons. The first kappa shape index (κ1) is 20.7. The Hall–Kier alpha value is -4.24. The molecule has 5 aromatic rings. The summed E-state index contributed by atoms with van der Waals surface area (Å²) in [5.41, 5.74) is 9.09. The van der Waals surface area contributed by atoms with E-state index in [1.54, 1.807) is 6.20 Å². The number of benzene rings is 3. The molecule has 0 bridgehead atoms. The van der Waals surface area contributed by atoms with E-state index in [1.165, 1.54) is 27.8 Å². The smallest absolute Gasteiger partial charge is 0.219 e. The molecule has 3 nitrogen and oxygen atoms in total. The van der Waals surface area contributed by atoms with Gasteiger partial charge in [-0.05, 0) is 83.6 Å². The number of hydrogen-bond acceptors (Lipinski definition) is 3. The highest BCUT2D eigenvalue weighted by atomic mass is 16.5. The minimum Gasteiger partial charge on any atom is -0.439 e. The molecule has 0 atom stereocenters. The second kappa shape index (κ2) is 9.09. The van der Waals surface area contributed by atoms with Crippen molar-refractivity contribution in [1.82, 2.24) is 9.97 Å². The highest BCUT2D eigenvalue weighted by molar-refractivity contribution is 5.80. The van der Waals surface area contributed by atoms with Crippen molar-refractivity contribution in [3.05, 3.63) is 121 Å². The van der Waals surface area contributed by atoms with E-state index in [-0.39, 0.29) is 0 Å². The summed E-state index contributed by atoms with van der Waals surface area (Å²) in [5.74, 6) is 1.30. The summed E-state index contributed by atoms with van der Waals surface area (Å²) in [4.78, 5) is 8.88. The molecule has 2 aromatic heterocycles. The lowest BCUT2D eigenvalue weighted by Crippen LogP contribution is -1.94. The first-order valence-corrected chi connectivity index (χ1v) is 11.0. The normalized spacial score (nSPS) is 10.7. The molecule has 2 heterocycles. The average Bonchev–Trinajstić information content (AvgIpc) is 2.85. The Bertz CT molecular complexity index is 1360. The Labute approximate surface area is 194 Å². The van der Waals surface area contributed by atoms with Crippen molar-refractivity contribution in [2.75, 3.05) is 0 Å². The number of hydrogen-bond donors (Lipinski definition) is 0. The average molecular weight is 429 g/mol. The molecule has 0 N–H and O–H groups in total. The first-order chi connectivity index (χ1) is 16.2. The van der Waals surface area contributed by atoms with Crippen LogP contribution in [0.5, 0.6) is 11.6 Å². The van der Waals surface area contributed by atoms with Gasteiger partial charge in [0.05, 0.1) is 5.69 Å². The zero-order valence-corrected chi connectivity index (χ0v) is 18.7. The van der Waals surface area contributed by atoms with Gasteiger partial charge < -0.3 is 4.74 Å². The van der Waals surface area contributed by atoms with Gasteiger partial charge in [-0.1, -0.05) is 54.6 Å². The lowest BCUT2D eigenvalue weighted by Gasteiger charge is -2.16. The number of aromatic nitrogens is 2. The van der Waals surface area contributed by atoms with Crippen LogP contribution in [0.2, 0.25) is 0 Å². The van der Waals surface area contributed by atoms with Crippen molar-refractivity contribution in [2.24, 2.45) is 0 Å². The molecule has 0 amide bonds. The van der Waals surface area contributed by atoms with Crippen LogP contribution < -0.4 is 4.74 Å².